The monoisotopic (exact) mass is 376 g/mol. The zero-order chi connectivity index (χ0) is 19.8. The molecule has 0 atom stereocenters. The summed E-state index contributed by atoms with van der Waals surface area (Å²) in [6.07, 6.45) is 0. The Labute approximate surface area is 170 Å². The van der Waals surface area contributed by atoms with Crippen LogP contribution in [0.5, 0.6) is 5.75 Å². The number of methoxy groups -OCH3 is 1. The van der Waals surface area contributed by atoms with Gasteiger partial charge in [-0.05, 0) is 60.8 Å². The second-order valence-electron chi connectivity index (χ2n) is 7.35. The minimum absolute atomic E-state index is 0.864. The Morgan fingerprint density at radius 2 is 1.41 bits per heavy atom. The number of rotatable bonds is 3. The molecule has 0 unspecified atom stereocenters. The van der Waals surface area contributed by atoms with E-state index in [0.717, 1.165) is 17.0 Å². The Balaban J connectivity index is 1.90. The summed E-state index contributed by atoms with van der Waals surface area (Å²) < 4.78 is 7.72. The first-order valence-corrected chi connectivity index (χ1v) is 9.82. The Morgan fingerprint density at radius 3 is 2.17 bits per heavy atom. The molecule has 0 saturated heterocycles. The average molecular weight is 376 g/mol. The van der Waals surface area contributed by atoms with Crippen LogP contribution in [0.15, 0.2) is 97.1 Å². The maximum absolute atomic E-state index is 5.35. The summed E-state index contributed by atoms with van der Waals surface area (Å²) >= 11 is 0. The first-order chi connectivity index (χ1) is 14.2. The van der Waals surface area contributed by atoms with Crippen molar-refractivity contribution in [2.75, 3.05) is 7.11 Å². The molecule has 0 amide bonds. The van der Waals surface area contributed by atoms with E-state index >= 15 is 0 Å². The summed E-state index contributed by atoms with van der Waals surface area (Å²) in [5.74, 6) is 0.864. The second kappa shape index (κ2) is 7.06. The van der Waals surface area contributed by atoms with Gasteiger partial charge in [0.05, 0.1) is 12.5 Å². The van der Waals surface area contributed by atoms with Crippen LogP contribution in [0, 0.1) is 6.92 Å². The van der Waals surface area contributed by atoms with Crippen molar-refractivity contribution >= 4 is 16.3 Å². The molecule has 2 aromatic heterocycles. The fraction of sp³-hybridized carbons (Fsp3) is 0.0741. The van der Waals surface area contributed by atoms with Crippen LogP contribution in [0.2, 0.25) is 0 Å². The van der Waals surface area contributed by atoms with E-state index in [1.807, 2.05) is 12.1 Å². The molecule has 0 saturated carbocycles. The summed E-state index contributed by atoms with van der Waals surface area (Å²) in [5, 5.41) is 2.52. The van der Waals surface area contributed by atoms with Gasteiger partial charge in [-0.1, -0.05) is 35.9 Å². The van der Waals surface area contributed by atoms with E-state index in [1.54, 1.807) is 7.11 Å². The van der Waals surface area contributed by atoms with E-state index in [9.17, 15) is 0 Å². The third-order valence-electron chi connectivity index (χ3n) is 5.46. The molecule has 140 valence electrons. The third-order valence-corrected chi connectivity index (χ3v) is 5.46. The topological polar surface area (TPSA) is 13.3 Å². The van der Waals surface area contributed by atoms with Crippen molar-refractivity contribution in [1.82, 2.24) is 0 Å². The number of aromatic nitrogens is 1. The van der Waals surface area contributed by atoms with Crippen LogP contribution < -0.4 is 9.14 Å². The number of aryl methyl sites for hydroxylation is 1. The van der Waals surface area contributed by atoms with Crippen LogP contribution in [0.1, 0.15) is 5.56 Å². The number of benzene rings is 3. The first kappa shape index (κ1) is 17.4. The molecule has 3 aromatic carbocycles. The largest absolute Gasteiger partial charge is 0.497 e. The average Bonchev–Trinajstić information content (AvgIpc) is 2.78. The molecule has 5 aromatic rings. The molecule has 0 spiro atoms. The van der Waals surface area contributed by atoms with Gasteiger partial charge >= 0.3 is 0 Å². The number of hydrogen-bond donors (Lipinski definition) is 0. The summed E-state index contributed by atoms with van der Waals surface area (Å²) in [4.78, 5) is 0. The van der Waals surface area contributed by atoms with Gasteiger partial charge in [-0.25, -0.2) is 0 Å². The zero-order valence-electron chi connectivity index (χ0n) is 16.6. The Hall–Kier alpha value is -3.65. The highest BCUT2D eigenvalue weighted by Crippen LogP contribution is 2.28. The highest BCUT2D eigenvalue weighted by atomic mass is 16.5. The fourth-order valence-corrected chi connectivity index (χ4v) is 4.03. The Morgan fingerprint density at radius 1 is 0.655 bits per heavy atom. The van der Waals surface area contributed by atoms with Gasteiger partial charge in [0.1, 0.15) is 5.75 Å². The molecule has 0 radical (unpaired) electrons. The number of hydrogen-bond acceptors (Lipinski definition) is 1. The van der Waals surface area contributed by atoms with Crippen molar-refractivity contribution in [3.8, 4) is 28.3 Å². The fourth-order valence-electron chi connectivity index (χ4n) is 4.03. The van der Waals surface area contributed by atoms with Crippen LogP contribution in [-0.4, -0.2) is 7.11 Å². The lowest BCUT2D eigenvalue weighted by atomic mass is 10.0. The summed E-state index contributed by atoms with van der Waals surface area (Å²) in [7, 11) is 1.70. The molecule has 0 aliphatic carbocycles. The van der Waals surface area contributed by atoms with Crippen LogP contribution in [-0.2, 0) is 0 Å². The first-order valence-electron chi connectivity index (χ1n) is 9.82. The molecular weight excluding hydrogens is 354 g/mol. The summed E-state index contributed by atoms with van der Waals surface area (Å²) in [6, 6.07) is 34.4. The summed E-state index contributed by atoms with van der Waals surface area (Å²) in [6.45, 7) is 2.15. The van der Waals surface area contributed by atoms with Crippen molar-refractivity contribution in [2.45, 2.75) is 6.92 Å². The molecule has 0 aliphatic heterocycles. The van der Waals surface area contributed by atoms with Crippen molar-refractivity contribution in [2.24, 2.45) is 0 Å². The van der Waals surface area contributed by atoms with E-state index in [0.29, 0.717) is 0 Å². The van der Waals surface area contributed by atoms with Gasteiger partial charge in [-0.2, -0.15) is 4.40 Å². The number of nitrogens with zero attached hydrogens (tertiary/aromatic N) is 1. The molecule has 2 heterocycles. The van der Waals surface area contributed by atoms with Crippen molar-refractivity contribution in [3.05, 3.63) is 103 Å². The smallest absolute Gasteiger partial charge is 0.219 e. The minimum Gasteiger partial charge on any atom is -0.497 e. The van der Waals surface area contributed by atoms with Crippen molar-refractivity contribution in [1.29, 1.82) is 0 Å². The Bertz CT molecular complexity index is 1320. The standard InChI is InChI=1S/C27H22NO/c1-19-11-16-24-22(17-19)18-27(20-7-4-3-5-8-20)28-25(9-6-10-26(24)28)21-12-14-23(29-2)15-13-21/h3-18H,1-2H3/q+1. The van der Waals surface area contributed by atoms with E-state index in [2.05, 4.69) is 96.3 Å². The lowest BCUT2D eigenvalue weighted by Crippen LogP contribution is -2.28. The number of pyridine rings is 2. The summed E-state index contributed by atoms with van der Waals surface area (Å²) in [5.41, 5.74) is 7.18. The molecule has 0 bridgehead atoms. The van der Waals surface area contributed by atoms with Gasteiger partial charge in [-0.15, -0.1) is 0 Å². The van der Waals surface area contributed by atoms with Crippen LogP contribution in [0.25, 0.3) is 38.8 Å². The van der Waals surface area contributed by atoms with Gasteiger partial charge in [-0.3, -0.25) is 0 Å². The van der Waals surface area contributed by atoms with Gasteiger partial charge in [0.2, 0.25) is 16.9 Å². The van der Waals surface area contributed by atoms with Crippen LogP contribution >= 0.6 is 0 Å². The normalized spacial score (nSPS) is 11.1. The molecule has 0 N–H and O–H groups in total. The lowest BCUT2D eigenvalue weighted by Gasteiger charge is -2.09. The highest BCUT2D eigenvalue weighted by Gasteiger charge is 2.21. The molecule has 5 rings (SSSR count). The SMILES string of the molecule is COc1ccc(-c2cccc3c4ccc(C)cc4cc(-c4ccccc4)[n+]23)cc1. The molecule has 2 heteroatoms. The minimum atomic E-state index is 0.864. The van der Waals surface area contributed by atoms with Gasteiger partial charge in [0.25, 0.3) is 0 Å². The highest BCUT2D eigenvalue weighted by molar-refractivity contribution is 5.96. The van der Waals surface area contributed by atoms with Gasteiger partial charge in [0.15, 0.2) is 0 Å². The lowest BCUT2D eigenvalue weighted by molar-refractivity contribution is -0.485. The quantitative estimate of drug-likeness (QED) is 0.269. The van der Waals surface area contributed by atoms with Crippen molar-refractivity contribution in [3.63, 3.8) is 0 Å². The molecular formula is C27H22NO+. The van der Waals surface area contributed by atoms with Crippen LogP contribution in [0.3, 0.4) is 0 Å². The maximum Gasteiger partial charge on any atom is 0.219 e. The van der Waals surface area contributed by atoms with E-state index in [4.69, 9.17) is 4.74 Å². The molecule has 2 nitrogen and oxygen atoms in total. The van der Waals surface area contributed by atoms with E-state index in [-0.39, 0.29) is 0 Å². The third kappa shape index (κ3) is 3.03. The van der Waals surface area contributed by atoms with E-state index < -0.39 is 0 Å². The van der Waals surface area contributed by atoms with Crippen LogP contribution in [0.4, 0.5) is 0 Å². The maximum atomic E-state index is 5.35. The van der Waals surface area contributed by atoms with Gasteiger partial charge < -0.3 is 4.74 Å². The number of ether oxygens (including phenoxy) is 1. The number of fused-ring (bicyclic) bond motifs is 3. The molecule has 29 heavy (non-hydrogen) atoms. The van der Waals surface area contributed by atoms with Crippen molar-refractivity contribution < 1.29 is 9.14 Å². The molecule has 0 aliphatic rings. The Kier molecular flexibility index (Phi) is 4.25. The van der Waals surface area contributed by atoms with E-state index in [1.165, 1.54) is 33.1 Å². The van der Waals surface area contributed by atoms with Gasteiger partial charge in [0, 0.05) is 29.3 Å². The predicted octanol–water partition coefficient (Wildman–Crippen LogP) is 6.23. The molecule has 0 fully saturated rings. The predicted molar refractivity (Wildman–Crippen MR) is 119 cm³/mol. The second-order valence-corrected chi connectivity index (χ2v) is 7.35. The zero-order valence-corrected chi connectivity index (χ0v) is 16.6.